The summed E-state index contributed by atoms with van der Waals surface area (Å²) in [5, 5.41) is 13.7. The molecular weight excluding hydrogens is 336 g/mol. The van der Waals surface area contributed by atoms with Gasteiger partial charge in [-0.25, -0.2) is 4.79 Å². The molecule has 0 aliphatic heterocycles. The molecular formula is C14H19BrN4O2. The van der Waals surface area contributed by atoms with Gasteiger partial charge >= 0.3 is 6.09 Å². The molecule has 1 aliphatic rings. The van der Waals surface area contributed by atoms with E-state index in [9.17, 15) is 10.1 Å². The molecule has 114 valence electrons. The average Bonchev–Trinajstić information content (AvgIpc) is 3.20. The number of nitriles is 1. The summed E-state index contributed by atoms with van der Waals surface area (Å²) in [6.07, 6.45) is 1.46. The minimum absolute atomic E-state index is 0.132. The average molecular weight is 356 g/mol. The van der Waals surface area contributed by atoms with Crippen molar-refractivity contribution in [3.05, 3.63) is 15.9 Å². The van der Waals surface area contributed by atoms with Gasteiger partial charge in [-0.2, -0.15) is 10.4 Å². The van der Waals surface area contributed by atoms with Crippen molar-refractivity contribution in [3.8, 4) is 6.07 Å². The summed E-state index contributed by atoms with van der Waals surface area (Å²) in [5.74, 6) is 0. The Morgan fingerprint density at radius 3 is 2.81 bits per heavy atom. The van der Waals surface area contributed by atoms with Gasteiger partial charge in [0.2, 0.25) is 0 Å². The molecule has 0 N–H and O–H groups in total. The fraction of sp³-hybridized carbons (Fsp3) is 0.643. The Morgan fingerprint density at radius 2 is 2.33 bits per heavy atom. The van der Waals surface area contributed by atoms with Gasteiger partial charge in [0, 0.05) is 8.39 Å². The van der Waals surface area contributed by atoms with Gasteiger partial charge in [0.25, 0.3) is 0 Å². The number of hydrogen-bond acceptors (Lipinski definition) is 4. The summed E-state index contributed by atoms with van der Waals surface area (Å²) in [4.78, 5) is 13.3. The second-order valence-electron chi connectivity index (χ2n) is 6.08. The molecule has 7 heteroatoms. The van der Waals surface area contributed by atoms with E-state index >= 15 is 0 Å². The number of rotatable bonds is 3. The van der Waals surface area contributed by atoms with Crippen molar-refractivity contribution in [3.63, 3.8) is 0 Å². The van der Waals surface area contributed by atoms with E-state index in [0.29, 0.717) is 15.9 Å². The first-order valence-corrected chi connectivity index (χ1v) is 7.50. The number of amides is 1. The van der Waals surface area contributed by atoms with Gasteiger partial charge in [-0.3, -0.25) is 4.68 Å². The minimum atomic E-state index is -0.618. The van der Waals surface area contributed by atoms with Crippen molar-refractivity contribution in [2.24, 2.45) is 0 Å². The molecule has 1 amide bonds. The Hall–Kier alpha value is -1.55. The van der Waals surface area contributed by atoms with Crippen LogP contribution in [0.2, 0.25) is 0 Å². The molecule has 1 aromatic rings. The molecule has 1 aliphatic carbocycles. The van der Waals surface area contributed by atoms with Crippen molar-refractivity contribution in [1.29, 1.82) is 5.26 Å². The van der Waals surface area contributed by atoms with Crippen LogP contribution in [0.3, 0.4) is 0 Å². The maximum Gasteiger partial charge on any atom is 0.410 e. The van der Waals surface area contributed by atoms with E-state index in [1.54, 1.807) is 25.5 Å². The zero-order valence-electron chi connectivity index (χ0n) is 13.4. The maximum absolute atomic E-state index is 12.1. The highest BCUT2D eigenvalue weighted by atomic mass is 79.9. The Kier molecular flexibility index (Phi) is 3.89. The highest BCUT2D eigenvalue weighted by Crippen LogP contribution is 2.37. The lowest BCUT2D eigenvalue weighted by atomic mass is 10.2. The van der Waals surface area contributed by atoms with Crippen LogP contribution < -0.4 is 0 Å². The molecule has 0 unspecified atom stereocenters. The highest BCUT2D eigenvalue weighted by molar-refractivity contribution is 9.10. The first kappa shape index (κ1) is 14.4. The molecule has 21 heavy (non-hydrogen) atoms. The summed E-state index contributed by atoms with van der Waals surface area (Å²) >= 11 is 3.38. The van der Waals surface area contributed by atoms with Crippen molar-refractivity contribution in [1.82, 2.24) is 14.7 Å². The van der Waals surface area contributed by atoms with Gasteiger partial charge in [-0.15, -0.1) is 0 Å². The van der Waals surface area contributed by atoms with E-state index in [-0.39, 0.29) is 19.6 Å². The molecule has 0 bridgehead atoms. The fourth-order valence-electron chi connectivity index (χ4n) is 1.82. The third kappa shape index (κ3) is 3.76. The molecule has 0 atom stereocenters. The molecule has 0 radical (unpaired) electrons. The first-order valence-electron chi connectivity index (χ1n) is 7.41. The highest BCUT2D eigenvalue weighted by Gasteiger charge is 2.30. The van der Waals surface area contributed by atoms with E-state index in [1.165, 1.54) is 4.90 Å². The number of aromatic nitrogens is 2. The summed E-state index contributed by atoms with van der Waals surface area (Å²) in [7, 11) is -0.237. The normalized spacial score (nSPS) is 15.3. The third-order valence-electron chi connectivity index (χ3n) is 2.91. The lowest BCUT2D eigenvalue weighted by molar-refractivity contribution is 0.0282. The van der Waals surface area contributed by atoms with Gasteiger partial charge < -0.3 is 9.64 Å². The summed E-state index contributed by atoms with van der Waals surface area (Å²) in [6, 6.07) is 2.41. The first-order chi connectivity index (χ1) is 10.3. The third-order valence-corrected chi connectivity index (χ3v) is 3.74. The summed E-state index contributed by atoms with van der Waals surface area (Å²) in [6.45, 7) is 5.46. The number of carbonyl (C=O) groups excluding carboxylic acids is 1. The molecule has 6 nitrogen and oxygen atoms in total. The number of hydrogen-bond donors (Lipinski definition) is 0. The Bertz CT molecular complexity index is 614. The van der Waals surface area contributed by atoms with E-state index in [0.717, 1.165) is 12.8 Å². The largest absolute Gasteiger partial charge is 0.444 e. The molecule has 1 saturated carbocycles. The number of halogens is 1. The lowest BCUT2D eigenvalue weighted by Gasteiger charge is -2.24. The van der Waals surface area contributed by atoms with Crippen LogP contribution in [0.15, 0.2) is 4.47 Å². The van der Waals surface area contributed by atoms with Crippen LogP contribution >= 0.6 is 15.9 Å². The molecule has 1 heterocycles. The van der Waals surface area contributed by atoms with Crippen LogP contribution in [0.25, 0.3) is 0 Å². The van der Waals surface area contributed by atoms with E-state index in [2.05, 4.69) is 27.1 Å². The van der Waals surface area contributed by atoms with Gasteiger partial charge in [-0.1, -0.05) is 0 Å². The van der Waals surface area contributed by atoms with Gasteiger partial charge in [0.1, 0.15) is 11.7 Å². The summed E-state index contributed by atoms with van der Waals surface area (Å²) in [5.41, 5.74) is 0.417. The Labute approximate surface area is 134 Å². The molecule has 0 spiro atoms. The SMILES string of the molecule is [2H]CN(Cc1nn(C2CC2)c(C#N)c1Br)C(=O)OC(C)(C)C. The Morgan fingerprint density at radius 1 is 1.67 bits per heavy atom. The Balaban J connectivity index is 2.18. The zero-order valence-corrected chi connectivity index (χ0v) is 14.0. The van der Waals surface area contributed by atoms with Gasteiger partial charge in [0.15, 0.2) is 5.69 Å². The van der Waals surface area contributed by atoms with Crippen molar-refractivity contribution < 1.29 is 10.9 Å². The second kappa shape index (κ2) is 5.68. The molecule has 1 aromatic heterocycles. The van der Waals surface area contributed by atoms with Crippen LogP contribution in [0.5, 0.6) is 0 Å². The zero-order chi connectivity index (χ0) is 16.5. The van der Waals surface area contributed by atoms with Gasteiger partial charge in [-0.05, 0) is 49.5 Å². The van der Waals surface area contributed by atoms with E-state index < -0.39 is 11.7 Å². The number of nitrogens with zero attached hydrogens (tertiary/aromatic N) is 4. The molecule has 1 fully saturated rings. The molecule has 2 rings (SSSR count). The lowest BCUT2D eigenvalue weighted by Crippen LogP contribution is -2.34. The van der Waals surface area contributed by atoms with Crippen molar-refractivity contribution >= 4 is 22.0 Å². The van der Waals surface area contributed by atoms with E-state index in [1.807, 2.05) is 0 Å². The van der Waals surface area contributed by atoms with Crippen LogP contribution in [0, 0.1) is 11.3 Å². The standard InChI is InChI=1S/C14H19BrN4O2/c1-14(2,3)21-13(20)18(4)8-10-12(15)11(7-16)19(17-10)9-5-6-9/h9H,5-6,8H2,1-4H3/i4D. The van der Waals surface area contributed by atoms with Gasteiger partial charge in [0.05, 0.1) is 22.8 Å². The van der Waals surface area contributed by atoms with Crippen molar-refractivity contribution in [2.75, 3.05) is 7.02 Å². The van der Waals surface area contributed by atoms with Crippen LogP contribution in [-0.2, 0) is 11.3 Å². The predicted octanol–water partition coefficient (Wildman–Crippen LogP) is 3.22. The van der Waals surface area contributed by atoms with Crippen LogP contribution in [0.1, 0.15) is 52.4 Å². The molecule has 0 aromatic carbocycles. The minimum Gasteiger partial charge on any atom is -0.444 e. The smallest absolute Gasteiger partial charge is 0.410 e. The quantitative estimate of drug-likeness (QED) is 0.834. The number of carbonyl (C=O) groups is 1. The monoisotopic (exact) mass is 355 g/mol. The fourth-order valence-corrected chi connectivity index (χ4v) is 2.29. The topological polar surface area (TPSA) is 71.2 Å². The van der Waals surface area contributed by atoms with E-state index in [4.69, 9.17) is 6.11 Å². The summed E-state index contributed by atoms with van der Waals surface area (Å²) < 4.78 is 15.1. The maximum atomic E-state index is 12.1. The molecule has 0 saturated heterocycles. The van der Waals surface area contributed by atoms with Crippen molar-refractivity contribution in [2.45, 2.75) is 51.8 Å². The second-order valence-corrected chi connectivity index (χ2v) is 6.87. The van der Waals surface area contributed by atoms with Crippen LogP contribution in [-0.4, -0.2) is 33.4 Å². The predicted molar refractivity (Wildman–Crippen MR) is 80.6 cm³/mol. The van der Waals surface area contributed by atoms with Crippen LogP contribution in [0.4, 0.5) is 4.79 Å². The number of ether oxygens (including phenoxy) is 1.